The monoisotopic (exact) mass is 761 g/mol. The average molecular weight is 762 g/mol. The van der Waals surface area contributed by atoms with E-state index in [1.807, 2.05) is 0 Å². The molecule has 0 saturated carbocycles. The zero-order valence-corrected chi connectivity index (χ0v) is 34.0. The van der Waals surface area contributed by atoms with E-state index in [1.54, 1.807) is 0 Å². The Balaban J connectivity index is 1.30. The summed E-state index contributed by atoms with van der Waals surface area (Å²) in [4.78, 5) is 4.89. The Morgan fingerprint density at radius 1 is 0.373 bits per heavy atom. The molecule has 10 rings (SSSR count). The molecule has 0 N–H and O–H groups in total. The van der Waals surface area contributed by atoms with Crippen molar-refractivity contribution in [3.05, 3.63) is 211 Å². The van der Waals surface area contributed by atoms with Crippen LogP contribution in [-0.2, 0) is 0 Å². The van der Waals surface area contributed by atoms with Gasteiger partial charge in [-0.15, -0.1) is 0 Å². The van der Waals surface area contributed by atoms with Gasteiger partial charge in [-0.1, -0.05) is 155 Å². The maximum absolute atomic E-state index is 2.49. The molecule has 0 fully saturated rings. The lowest BCUT2D eigenvalue weighted by atomic mass is 9.99. The van der Waals surface area contributed by atoms with Gasteiger partial charge in [-0.25, -0.2) is 0 Å². The first-order chi connectivity index (χ1) is 28.9. The van der Waals surface area contributed by atoms with Crippen LogP contribution >= 0.6 is 0 Å². The van der Waals surface area contributed by atoms with Crippen molar-refractivity contribution in [2.45, 2.75) is 39.5 Å². The van der Waals surface area contributed by atoms with E-state index < -0.39 is 0 Å². The van der Waals surface area contributed by atoms with Crippen molar-refractivity contribution in [3.63, 3.8) is 0 Å². The molecule has 3 heteroatoms. The van der Waals surface area contributed by atoms with Crippen LogP contribution in [0.2, 0.25) is 0 Å². The maximum Gasteiger partial charge on any atom is 0.0640 e. The molecule has 1 heterocycles. The van der Waals surface area contributed by atoms with E-state index in [0.717, 1.165) is 45.2 Å². The van der Waals surface area contributed by atoms with E-state index in [-0.39, 0.29) is 0 Å². The number of rotatable bonds is 9. The highest BCUT2D eigenvalue weighted by molar-refractivity contribution is 6.24. The summed E-state index contributed by atoms with van der Waals surface area (Å²) in [7, 11) is 0. The van der Waals surface area contributed by atoms with Gasteiger partial charge in [-0.05, 0) is 107 Å². The van der Waals surface area contributed by atoms with Crippen LogP contribution in [0.1, 0.15) is 50.7 Å². The molecule has 10 aromatic rings. The molecule has 0 radical (unpaired) electrons. The van der Waals surface area contributed by atoms with Crippen LogP contribution in [-0.4, -0.2) is 4.57 Å². The number of anilines is 6. The fourth-order valence-electron chi connectivity index (χ4n) is 8.87. The predicted molar refractivity (Wildman–Crippen MR) is 253 cm³/mol. The van der Waals surface area contributed by atoms with E-state index >= 15 is 0 Å². The largest absolute Gasteiger partial charge is 0.310 e. The topological polar surface area (TPSA) is 11.4 Å². The Kier molecular flexibility index (Phi) is 9.22. The summed E-state index contributed by atoms with van der Waals surface area (Å²) in [5.41, 5.74) is 12.9. The van der Waals surface area contributed by atoms with Crippen LogP contribution in [0.25, 0.3) is 49.0 Å². The first-order valence-corrected chi connectivity index (χ1v) is 20.8. The van der Waals surface area contributed by atoms with Crippen molar-refractivity contribution in [1.29, 1.82) is 0 Å². The molecule has 3 nitrogen and oxygen atoms in total. The highest BCUT2D eigenvalue weighted by Gasteiger charge is 2.25. The van der Waals surface area contributed by atoms with Gasteiger partial charge < -0.3 is 14.4 Å². The third-order valence-corrected chi connectivity index (χ3v) is 11.9. The standard InChI is InChI=1S/C56H47N3/c1-38(2)40-27-31-46(32-28-40)57(44-19-7-5-8-20-44)53-37-48(35-42-17-11-13-23-49(42)53)59-52-26-16-15-25-51(52)55-54(59)36-43-18-12-14-24-50(43)56(55)58(45-21-9-6-10-22-45)47-33-29-41(30-34-47)39(3)4/h5-39H,1-4H3. The maximum atomic E-state index is 2.49. The second-order valence-electron chi connectivity index (χ2n) is 16.2. The summed E-state index contributed by atoms with van der Waals surface area (Å²) in [5.74, 6) is 0.896. The molecule has 0 saturated heterocycles. The summed E-state index contributed by atoms with van der Waals surface area (Å²) < 4.78 is 2.49. The van der Waals surface area contributed by atoms with Crippen molar-refractivity contribution in [1.82, 2.24) is 4.57 Å². The fraction of sp³-hybridized carbons (Fsp3) is 0.107. The average Bonchev–Trinajstić information content (AvgIpc) is 3.61. The van der Waals surface area contributed by atoms with Crippen molar-refractivity contribution in [2.24, 2.45) is 0 Å². The smallest absolute Gasteiger partial charge is 0.0640 e. The number of hydrogen-bond acceptors (Lipinski definition) is 2. The van der Waals surface area contributed by atoms with Gasteiger partial charge in [-0.2, -0.15) is 0 Å². The molecule has 0 atom stereocenters. The molecular weight excluding hydrogens is 715 g/mol. The van der Waals surface area contributed by atoms with E-state index in [2.05, 4.69) is 242 Å². The first-order valence-electron chi connectivity index (χ1n) is 20.8. The number of nitrogens with zero attached hydrogens (tertiary/aromatic N) is 3. The Morgan fingerprint density at radius 3 is 1.42 bits per heavy atom. The van der Waals surface area contributed by atoms with Crippen LogP contribution in [0.3, 0.4) is 0 Å². The van der Waals surface area contributed by atoms with Gasteiger partial charge in [0.05, 0.1) is 22.4 Å². The molecule has 0 unspecified atom stereocenters. The molecular formula is C56H47N3. The third-order valence-electron chi connectivity index (χ3n) is 11.9. The minimum atomic E-state index is 0.445. The fourth-order valence-corrected chi connectivity index (χ4v) is 8.87. The second kappa shape index (κ2) is 15.0. The van der Waals surface area contributed by atoms with Gasteiger partial charge in [0.2, 0.25) is 0 Å². The van der Waals surface area contributed by atoms with E-state index in [9.17, 15) is 0 Å². The lowest BCUT2D eigenvalue weighted by Crippen LogP contribution is -2.12. The van der Waals surface area contributed by atoms with Crippen LogP contribution in [0, 0.1) is 0 Å². The number of hydrogen-bond donors (Lipinski definition) is 0. The summed E-state index contributed by atoms with van der Waals surface area (Å²) in [5, 5.41) is 7.20. The Labute approximate surface area is 347 Å². The number of aromatic nitrogens is 1. The normalized spacial score (nSPS) is 11.7. The lowest BCUT2D eigenvalue weighted by Gasteiger charge is -2.29. The van der Waals surface area contributed by atoms with Crippen molar-refractivity contribution in [3.8, 4) is 5.69 Å². The Morgan fingerprint density at radius 2 is 0.831 bits per heavy atom. The van der Waals surface area contributed by atoms with Gasteiger partial charge in [-0.3, -0.25) is 0 Å². The molecule has 0 amide bonds. The number of benzene rings is 9. The Bertz CT molecular complexity index is 3090. The van der Waals surface area contributed by atoms with Crippen LogP contribution in [0.4, 0.5) is 34.1 Å². The van der Waals surface area contributed by atoms with Crippen LogP contribution < -0.4 is 9.80 Å². The minimum absolute atomic E-state index is 0.445. The molecule has 0 aliphatic rings. The molecule has 0 aliphatic heterocycles. The quantitative estimate of drug-likeness (QED) is 0.145. The van der Waals surface area contributed by atoms with Gasteiger partial charge in [0.15, 0.2) is 0 Å². The van der Waals surface area contributed by atoms with E-state index in [1.165, 1.54) is 49.1 Å². The highest BCUT2D eigenvalue weighted by Crippen LogP contribution is 2.49. The van der Waals surface area contributed by atoms with Crippen molar-refractivity contribution in [2.75, 3.05) is 9.80 Å². The molecule has 1 aromatic heterocycles. The summed E-state index contributed by atoms with van der Waals surface area (Å²) in [6.45, 7) is 9.02. The zero-order chi connectivity index (χ0) is 40.0. The number of para-hydroxylation sites is 3. The van der Waals surface area contributed by atoms with Crippen molar-refractivity contribution < 1.29 is 0 Å². The second-order valence-corrected chi connectivity index (χ2v) is 16.2. The highest BCUT2D eigenvalue weighted by atomic mass is 15.2. The Hall–Kier alpha value is -7.10. The van der Waals surface area contributed by atoms with Crippen LogP contribution in [0.15, 0.2) is 200 Å². The molecule has 59 heavy (non-hydrogen) atoms. The van der Waals surface area contributed by atoms with E-state index in [0.29, 0.717) is 11.8 Å². The van der Waals surface area contributed by atoms with Gasteiger partial charge in [0, 0.05) is 50.0 Å². The molecule has 9 aromatic carbocycles. The third kappa shape index (κ3) is 6.40. The number of fused-ring (bicyclic) bond motifs is 5. The summed E-state index contributed by atoms with van der Waals surface area (Å²) >= 11 is 0. The van der Waals surface area contributed by atoms with E-state index in [4.69, 9.17) is 0 Å². The molecule has 0 spiro atoms. The molecule has 286 valence electrons. The first kappa shape index (κ1) is 36.3. The molecule has 0 bridgehead atoms. The minimum Gasteiger partial charge on any atom is -0.310 e. The predicted octanol–water partition coefficient (Wildman–Crippen LogP) is 16.3. The lowest BCUT2D eigenvalue weighted by molar-refractivity contribution is 0.866. The van der Waals surface area contributed by atoms with Gasteiger partial charge >= 0.3 is 0 Å². The molecule has 0 aliphatic carbocycles. The SMILES string of the molecule is CC(C)c1ccc(N(c2ccccc2)c2cc(-n3c4ccccc4c4c(N(c5ccccc5)c5ccc(C(C)C)cc5)c5ccccc5cc43)cc3ccccc23)cc1. The summed E-state index contributed by atoms with van der Waals surface area (Å²) in [6.07, 6.45) is 0. The summed E-state index contributed by atoms with van der Waals surface area (Å²) in [6, 6.07) is 73.6. The van der Waals surface area contributed by atoms with Gasteiger partial charge in [0.1, 0.15) is 0 Å². The van der Waals surface area contributed by atoms with Gasteiger partial charge in [0.25, 0.3) is 0 Å². The zero-order valence-electron chi connectivity index (χ0n) is 34.0. The van der Waals surface area contributed by atoms with Crippen LogP contribution in [0.5, 0.6) is 0 Å². The van der Waals surface area contributed by atoms with Crippen molar-refractivity contribution >= 4 is 77.5 Å².